The van der Waals surface area contributed by atoms with Crippen LogP contribution in [0.3, 0.4) is 0 Å². The van der Waals surface area contributed by atoms with Crippen LogP contribution >= 0.6 is 23.4 Å². The van der Waals surface area contributed by atoms with Crippen molar-refractivity contribution >= 4 is 52.5 Å². The number of halogens is 1. The Hall–Kier alpha value is -3.07. The Morgan fingerprint density at radius 1 is 1.09 bits per heavy atom. The fourth-order valence-corrected chi connectivity index (χ4v) is 10.7. The monoisotopic (exact) mass is 649 g/mol. The average Bonchev–Trinajstić information content (AvgIpc) is 3.61. The highest BCUT2D eigenvalue weighted by molar-refractivity contribution is 8.02. The number of thioether (sulfide) groups is 1. The lowest BCUT2D eigenvalue weighted by molar-refractivity contribution is -0.142. The molecule has 5 rings (SSSR count). The molecule has 0 radical (unpaired) electrons. The molecular formula is C36H44ClN3O4S. The first-order valence-electron chi connectivity index (χ1n) is 15.8. The van der Waals surface area contributed by atoms with Crippen molar-refractivity contribution in [1.82, 2.24) is 4.90 Å². The van der Waals surface area contributed by atoms with Crippen LogP contribution in [0.25, 0.3) is 0 Å². The highest BCUT2D eigenvalue weighted by atomic mass is 35.5. The van der Waals surface area contributed by atoms with Gasteiger partial charge in [0.1, 0.15) is 6.04 Å². The maximum Gasteiger partial charge on any atom is 0.251 e. The summed E-state index contributed by atoms with van der Waals surface area (Å²) in [4.78, 5) is 49.6. The van der Waals surface area contributed by atoms with Gasteiger partial charge in [-0.2, -0.15) is 0 Å². The summed E-state index contributed by atoms with van der Waals surface area (Å²) in [5.41, 5.74) is 2.15. The number of carbonyl (C=O) groups is 3. The summed E-state index contributed by atoms with van der Waals surface area (Å²) in [5, 5.41) is 11.0. The van der Waals surface area contributed by atoms with E-state index < -0.39 is 28.7 Å². The van der Waals surface area contributed by atoms with E-state index in [1.807, 2.05) is 63.2 Å². The van der Waals surface area contributed by atoms with Gasteiger partial charge in [-0.15, -0.1) is 24.9 Å². The number of fused-ring (bicyclic) bond motifs is 1. The molecule has 1 N–H and O–H groups in total. The third-order valence-corrected chi connectivity index (χ3v) is 12.1. The largest absolute Gasteiger partial charge is 0.394 e. The number of hydrogen-bond acceptors (Lipinski definition) is 5. The van der Waals surface area contributed by atoms with Crippen molar-refractivity contribution in [3.05, 3.63) is 84.4 Å². The fourth-order valence-electron chi connectivity index (χ4n) is 8.01. The van der Waals surface area contributed by atoms with Gasteiger partial charge in [-0.3, -0.25) is 14.4 Å². The number of benzene rings is 2. The number of anilines is 2. The Labute approximate surface area is 276 Å². The summed E-state index contributed by atoms with van der Waals surface area (Å²) in [6, 6.07) is 13.5. The molecule has 45 heavy (non-hydrogen) atoms. The van der Waals surface area contributed by atoms with Gasteiger partial charge in [0.15, 0.2) is 0 Å². The van der Waals surface area contributed by atoms with Gasteiger partial charge in [-0.1, -0.05) is 74.9 Å². The van der Waals surface area contributed by atoms with Crippen molar-refractivity contribution in [3.63, 3.8) is 0 Å². The molecule has 3 aliphatic rings. The number of hydrogen-bond donors (Lipinski definition) is 1. The van der Waals surface area contributed by atoms with Crippen molar-refractivity contribution in [2.45, 2.75) is 62.6 Å². The molecular weight excluding hydrogens is 606 g/mol. The molecule has 240 valence electrons. The minimum atomic E-state index is -0.895. The van der Waals surface area contributed by atoms with Crippen LogP contribution in [0, 0.1) is 30.6 Å². The first-order chi connectivity index (χ1) is 21.5. The Kier molecular flexibility index (Phi) is 9.87. The summed E-state index contributed by atoms with van der Waals surface area (Å²) in [6.45, 7) is 16.1. The lowest BCUT2D eigenvalue weighted by atomic mass is 9.65. The van der Waals surface area contributed by atoms with E-state index in [9.17, 15) is 14.7 Å². The Balaban J connectivity index is 1.66. The van der Waals surface area contributed by atoms with E-state index in [4.69, 9.17) is 11.6 Å². The number of amides is 3. The van der Waals surface area contributed by atoms with Crippen LogP contribution < -0.4 is 9.80 Å². The molecule has 0 aliphatic carbocycles. The van der Waals surface area contributed by atoms with Gasteiger partial charge < -0.3 is 19.8 Å². The van der Waals surface area contributed by atoms with Crippen molar-refractivity contribution in [3.8, 4) is 0 Å². The number of para-hydroxylation sites is 2. The van der Waals surface area contributed by atoms with Crippen LogP contribution in [-0.4, -0.2) is 69.5 Å². The van der Waals surface area contributed by atoms with Crippen molar-refractivity contribution < 1.29 is 19.5 Å². The highest BCUT2D eigenvalue weighted by Gasteiger charge is 2.77. The molecule has 3 saturated heterocycles. The summed E-state index contributed by atoms with van der Waals surface area (Å²) in [5.74, 6) is -1.81. The van der Waals surface area contributed by atoms with E-state index in [2.05, 4.69) is 20.1 Å². The second-order valence-electron chi connectivity index (χ2n) is 13.0. The molecule has 3 fully saturated rings. The minimum absolute atomic E-state index is 0.0228. The zero-order valence-corrected chi connectivity index (χ0v) is 28.1. The van der Waals surface area contributed by atoms with E-state index in [-0.39, 0.29) is 48.0 Å². The van der Waals surface area contributed by atoms with Crippen molar-refractivity contribution in [1.29, 1.82) is 0 Å². The van der Waals surface area contributed by atoms with Crippen molar-refractivity contribution in [2.75, 3.05) is 29.5 Å². The molecule has 3 amide bonds. The molecule has 3 aliphatic heterocycles. The maximum absolute atomic E-state index is 15.1. The minimum Gasteiger partial charge on any atom is -0.394 e. The van der Waals surface area contributed by atoms with Crippen molar-refractivity contribution in [2.24, 2.45) is 23.7 Å². The smallest absolute Gasteiger partial charge is 0.251 e. The maximum atomic E-state index is 15.1. The van der Waals surface area contributed by atoms with E-state index in [1.54, 1.807) is 44.7 Å². The zero-order chi connectivity index (χ0) is 32.6. The van der Waals surface area contributed by atoms with Crippen LogP contribution in [0.4, 0.5) is 11.4 Å². The number of likely N-dealkylation sites (tertiary alicyclic amines) is 1. The first-order valence-corrected chi connectivity index (χ1v) is 17.0. The lowest BCUT2D eigenvalue weighted by Gasteiger charge is -2.42. The second-order valence-corrected chi connectivity index (χ2v) is 14.9. The molecule has 0 aromatic heterocycles. The molecule has 2 aromatic carbocycles. The van der Waals surface area contributed by atoms with Crippen LogP contribution in [0.1, 0.15) is 39.2 Å². The van der Waals surface area contributed by atoms with Gasteiger partial charge >= 0.3 is 0 Å². The van der Waals surface area contributed by atoms with Crippen LogP contribution in [0.5, 0.6) is 0 Å². The molecule has 9 heteroatoms. The SMILES string of the molecule is C=CCN(C(=O)[C@@H]1[C@@H]2CC(C)C3(S2)C(C(=O)N(CC=C)c2c(C)cccc2Cl)N([C@@H](CO)CC(C)C)C(=O)[C@H]13)c1ccccc1. The highest BCUT2D eigenvalue weighted by Crippen LogP contribution is 2.69. The van der Waals surface area contributed by atoms with Gasteiger partial charge in [-0.05, 0) is 55.4 Å². The Morgan fingerprint density at radius 2 is 1.76 bits per heavy atom. The number of aliphatic hydroxyl groups excluding tert-OH is 1. The van der Waals surface area contributed by atoms with Gasteiger partial charge in [-0.25, -0.2) is 0 Å². The third-order valence-electron chi connectivity index (χ3n) is 9.73. The number of carbonyl (C=O) groups excluding carboxylic acids is 3. The third kappa shape index (κ3) is 5.53. The summed E-state index contributed by atoms with van der Waals surface area (Å²) in [7, 11) is 0. The van der Waals surface area contributed by atoms with Crippen LogP contribution in [0.15, 0.2) is 73.8 Å². The van der Waals surface area contributed by atoms with E-state index in [0.29, 0.717) is 30.1 Å². The average molecular weight is 650 g/mol. The first kappa shape index (κ1) is 33.3. The molecule has 0 saturated carbocycles. The molecule has 2 bridgehead atoms. The van der Waals surface area contributed by atoms with Gasteiger partial charge in [0.25, 0.3) is 5.91 Å². The quantitative estimate of drug-likeness (QED) is 0.280. The number of nitrogens with zero attached hydrogens (tertiary/aromatic N) is 3. The van der Waals surface area contributed by atoms with Gasteiger partial charge in [0.05, 0.1) is 39.9 Å². The Morgan fingerprint density at radius 3 is 2.36 bits per heavy atom. The molecule has 3 heterocycles. The van der Waals surface area contributed by atoms with E-state index >= 15 is 4.79 Å². The summed E-state index contributed by atoms with van der Waals surface area (Å²) >= 11 is 8.36. The topological polar surface area (TPSA) is 81.2 Å². The molecule has 7 atom stereocenters. The summed E-state index contributed by atoms with van der Waals surface area (Å²) in [6.07, 6.45) is 4.59. The Bertz CT molecular complexity index is 1450. The molecule has 7 nitrogen and oxygen atoms in total. The second kappa shape index (κ2) is 13.3. The summed E-state index contributed by atoms with van der Waals surface area (Å²) < 4.78 is -0.853. The predicted molar refractivity (Wildman–Crippen MR) is 184 cm³/mol. The normalized spacial score (nSPS) is 27.4. The van der Waals surface area contributed by atoms with Crippen LogP contribution in [-0.2, 0) is 14.4 Å². The standard InChI is InChI=1S/C36H44ClN3O4S/c1-7-17-38(25-14-10-9-11-15-25)33(42)29-28-20-24(6)36(45-28)30(29)34(43)40(26(21-41)19-22(3)4)32(36)35(44)39(18-8-2)31-23(5)13-12-16-27(31)37/h7-16,22,24,26,28-30,32,41H,1-2,17-21H2,3-6H3/t24?,26-,28+,29-,30+,32?,36?/m1/s1. The molecule has 2 aromatic rings. The number of aryl methyl sites for hydroxylation is 1. The number of aliphatic hydroxyl groups is 1. The lowest BCUT2D eigenvalue weighted by Crippen LogP contribution is -2.59. The molecule has 3 unspecified atom stereocenters. The van der Waals surface area contributed by atoms with E-state index in [1.165, 1.54) is 0 Å². The van der Waals surface area contributed by atoms with Gasteiger partial charge in [0, 0.05) is 24.0 Å². The fraction of sp³-hybridized carbons (Fsp3) is 0.472. The van der Waals surface area contributed by atoms with Crippen LogP contribution in [0.2, 0.25) is 5.02 Å². The number of rotatable bonds is 12. The molecule has 1 spiro atoms. The van der Waals surface area contributed by atoms with E-state index in [0.717, 1.165) is 11.3 Å². The predicted octanol–water partition coefficient (Wildman–Crippen LogP) is 6.13. The van der Waals surface area contributed by atoms with Gasteiger partial charge in [0.2, 0.25) is 11.8 Å². The zero-order valence-electron chi connectivity index (χ0n) is 26.6.